The Morgan fingerprint density at radius 1 is 0.929 bits per heavy atom. The number of piperidine rings is 1. The Kier molecular flexibility index (Phi) is 7.09. The topological polar surface area (TPSA) is 124 Å². The molecule has 2 aliphatic rings. The maximum atomic E-state index is 13.6. The fraction of sp³-hybridized carbons (Fsp3) is 0.467. The van der Waals surface area contributed by atoms with E-state index in [4.69, 9.17) is 0 Å². The van der Waals surface area contributed by atoms with E-state index in [-0.39, 0.29) is 21.5 Å². The third kappa shape index (κ3) is 4.76. The Bertz CT molecular complexity index is 1850. The second kappa shape index (κ2) is 10.5. The highest BCUT2D eigenvalue weighted by molar-refractivity contribution is 7.91. The molecule has 2 fully saturated rings. The number of aromatic nitrogens is 4. The smallest absolute Gasteiger partial charge is 0.281 e. The van der Waals surface area contributed by atoms with E-state index in [1.54, 1.807) is 31.2 Å². The van der Waals surface area contributed by atoms with Crippen molar-refractivity contribution in [2.24, 2.45) is 0 Å². The van der Waals surface area contributed by atoms with Gasteiger partial charge in [0.05, 0.1) is 21.3 Å². The fourth-order valence-corrected chi connectivity index (χ4v) is 7.80. The van der Waals surface area contributed by atoms with E-state index in [0.29, 0.717) is 29.6 Å². The zero-order chi connectivity index (χ0) is 29.8. The minimum Gasteiger partial charge on any atom is -0.369 e. The minimum absolute atomic E-state index is 0.0348. The molecule has 0 spiro atoms. The normalized spacial score (nSPS) is 17.3. The van der Waals surface area contributed by atoms with Crippen molar-refractivity contribution in [3.8, 4) is 0 Å². The lowest BCUT2D eigenvalue weighted by molar-refractivity contribution is -0.144. The van der Waals surface area contributed by atoms with Crippen LogP contribution in [0.2, 0.25) is 0 Å². The minimum atomic E-state index is -4.03. The van der Waals surface area contributed by atoms with Gasteiger partial charge in [0.1, 0.15) is 0 Å². The lowest BCUT2D eigenvalue weighted by atomic mass is 9.97. The van der Waals surface area contributed by atoms with Gasteiger partial charge in [0.15, 0.2) is 5.65 Å². The number of likely N-dealkylation sites (tertiary alicyclic amines) is 1. The number of H-pyrrole nitrogens is 1. The van der Waals surface area contributed by atoms with E-state index in [1.165, 1.54) is 10.9 Å². The third-order valence-electron chi connectivity index (χ3n) is 8.79. The predicted molar refractivity (Wildman–Crippen MR) is 161 cm³/mol. The van der Waals surface area contributed by atoms with Crippen molar-refractivity contribution in [2.45, 2.75) is 62.4 Å². The lowest BCUT2D eigenvalue weighted by Crippen LogP contribution is -2.61. The van der Waals surface area contributed by atoms with Crippen LogP contribution in [-0.4, -0.2) is 88.7 Å². The van der Waals surface area contributed by atoms with Crippen molar-refractivity contribution in [1.29, 1.82) is 0 Å². The molecule has 2 aromatic carbocycles. The van der Waals surface area contributed by atoms with Crippen molar-refractivity contribution < 1.29 is 13.2 Å². The Hall–Kier alpha value is -3.77. The maximum absolute atomic E-state index is 13.6. The summed E-state index contributed by atoms with van der Waals surface area (Å²) in [4.78, 5) is 37.1. The van der Waals surface area contributed by atoms with Gasteiger partial charge in [0, 0.05) is 45.0 Å². The standard InChI is InChI=1S/C30H37N7O4S/c1-20-8-11-25(21(2)18-20)42(40,41)28-26-31-27(38)23-10-9-22(19-24(23)37(26)33-32-28)34-14-16-36(17-15-34)30(3,4)29(39)35-12-6-5-7-13-35/h8-11,18-19,33H,5-7,12-17H2,1-4H3. The summed E-state index contributed by atoms with van der Waals surface area (Å²) < 4.78 is 28.6. The van der Waals surface area contributed by atoms with Gasteiger partial charge in [-0.3, -0.25) is 14.5 Å². The van der Waals surface area contributed by atoms with Crippen LogP contribution >= 0.6 is 0 Å². The Balaban J connectivity index is 1.29. The van der Waals surface area contributed by atoms with E-state index < -0.39 is 20.9 Å². The van der Waals surface area contributed by atoms with Crippen molar-refractivity contribution in [2.75, 3.05) is 44.2 Å². The average molecular weight is 592 g/mol. The summed E-state index contributed by atoms with van der Waals surface area (Å²) in [7, 11) is -4.03. The van der Waals surface area contributed by atoms with Crippen molar-refractivity contribution in [1.82, 2.24) is 29.6 Å². The Morgan fingerprint density at radius 2 is 1.64 bits per heavy atom. The van der Waals surface area contributed by atoms with Gasteiger partial charge < -0.3 is 9.80 Å². The predicted octanol–water partition coefficient (Wildman–Crippen LogP) is 2.93. The molecule has 1 amide bonds. The number of sulfone groups is 1. The highest BCUT2D eigenvalue weighted by atomic mass is 32.2. The molecule has 0 unspecified atom stereocenters. The van der Waals surface area contributed by atoms with E-state index in [0.717, 1.165) is 50.3 Å². The van der Waals surface area contributed by atoms with Crippen LogP contribution in [0, 0.1) is 13.8 Å². The summed E-state index contributed by atoms with van der Waals surface area (Å²) >= 11 is 0. The molecule has 2 aliphatic heterocycles. The number of nitrogens with one attached hydrogen (secondary N) is 1. The van der Waals surface area contributed by atoms with Gasteiger partial charge in [-0.1, -0.05) is 17.7 Å². The van der Waals surface area contributed by atoms with Crippen LogP contribution in [0.25, 0.3) is 16.6 Å². The van der Waals surface area contributed by atoms with E-state index in [9.17, 15) is 18.0 Å². The average Bonchev–Trinajstić information content (AvgIpc) is 3.42. The molecule has 0 atom stereocenters. The molecular weight excluding hydrogens is 554 g/mol. The number of hydrogen-bond donors (Lipinski definition) is 1. The summed E-state index contributed by atoms with van der Waals surface area (Å²) in [5.41, 5.74) is 1.82. The number of benzene rings is 2. The number of rotatable bonds is 5. The van der Waals surface area contributed by atoms with Crippen LogP contribution in [0.15, 0.2) is 51.1 Å². The molecule has 12 heteroatoms. The van der Waals surface area contributed by atoms with E-state index >= 15 is 0 Å². The zero-order valence-electron chi connectivity index (χ0n) is 24.6. The van der Waals surface area contributed by atoms with E-state index in [2.05, 4.69) is 25.1 Å². The number of aryl methyl sites for hydroxylation is 2. The number of fused-ring (bicyclic) bond motifs is 3. The molecule has 222 valence electrons. The number of nitrogens with zero attached hydrogens (tertiary/aromatic N) is 6. The zero-order valence-corrected chi connectivity index (χ0v) is 25.4. The molecule has 2 aromatic heterocycles. The van der Waals surface area contributed by atoms with Gasteiger partial charge in [0.25, 0.3) is 5.56 Å². The molecule has 4 aromatic rings. The van der Waals surface area contributed by atoms with Gasteiger partial charge in [0.2, 0.25) is 20.8 Å². The summed E-state index contributed by atoms with van der Waals surface area (Å²) in [6.07, 6.45) is 3.32. The van der Waals surface area contributed by atoms with Crippen LogP contribution in [0.4, 0.5) is 5.69 Å². The van der Waals surface area contributed by atoms with Gasteiger partial charge in [-0.2, -0.15) is 4.98 Å². The molecule has 0 aliphatic carbocycles. The van der Waals surface area contributed by atoms with Crippen LogP contribution in [0.1, 0.15) is 44.2 Å². The molecule has 42 heavy (non-hydrogen) atoms. The molecule has 0 bridgehead atoms. The van der Waals surface area contributed by atoms with Crippen molar-refractivity contribution in [3.63, 3.8) is 0 Å². The molecule has 4 heterocycles. The molecule has 0 radical (unpaired) electrons. The Morgan fingerprint density at radius 3 is 2.33 bits per heavy atom. The summed E-state index contributed by atoms with van der Waals surface area (Å²) in [5.74, 6) is 0.196. The van der Waals surface area contributed by atoms with Crippen molar-refractivity contribution in [3.05, 3.63) is 57.9 Å². The molecule has 2 saturated heterocycles. The van der Waals surface area contributed by atoms with Crippen LogP contribution < -0.4 is 10.5 Å². The summed E-state index contributed by atoms with van der Waals surface area (Å²) in [6, 6.07) is 10.6. The number of anilines is 1. The third-order valence-corrected chi connectivity index (χ3v) is 10.6. The number of amides is 1. The molecule has 0 saturated carbocycles. The fourth-order valence-electron chi connectivity index (χ4n) is 6.32. The summed E-state index contributed by atoms with van der Waals surface area (Å²) in [5, 5.41) is 6.99. The van der Waals surface area contributed by atoms with Gasteiger partial charge in [-0.25, -0.2) is 18.1 Å². The second-order valence-corrected chi connectivity index (χ2v) is 13.8. The second-order valence-electron chi connectivity index (χ2n) is 12.0. The first kappa shape index (κ1) is 28.4. The summed E-state index contributed by atoms with van der Waals surface area (Å²) in [6.45, 7) is 12.2. The van der Waals surface area contributed by atoms with E-state index in [1.807, 2.05) is 37.8 Å². The number of piperazine rings is 1. The first-order valence-corrected chi connectivity index (χ1v) is 16.0. The first-order chi connectivity index (χ1) is 20.0. The SMILES string of the molecule is Cc1ccc(S(=O)(=O)c2n[nH]n3c2nc(=O)c2ccc(N4CCN(C(C)(C)C(=O)N5CCCCC5)CC4)cc23)c(C)c1. The van der Waals surface area contributed by atoms with Gasteiger partial charge in [-0.15, -0.1) is 5.10 Å². The quantitative estimate of drug-likeness (QED) is 0.376. The molecule has 6 rings (SSSR count). The van der Waals surface area contributed by atoms with Gasteiger partial charge >= 0.3 is 0 Å². The van der Waals surface area contributed by atoms with Crippen LogP contribution in [0.5, 0.6) is 0 Å². The van der Waals surface area contributed by atoms with Crippen molar-refractivity contribution >= 4 is 38.0 Å². The first-order valence-electron chi connectivity index (χ1n) is 14.5. The van der Waals surface area contributed by atoms with Crippen LogP contribution in [-0.2, 0) is 14.6 Å². The Labute approximate surface area is 245 Å². The highest BCUT2D eigenvalue weighted by Crippen LogP contribution is 2.29. The largest absolute Gasteiger partial charge is 0.369 e. The molecule has 1 N–H and O–H groups in total. The molecular formula is C30H37N7O4S. The van der Waals surface area contributed by atoms with Gasteiger partial charge in [-0.05, 0) is 76.8 Å². The monoisotopic (exact) mass is 591 g/mol. The number of carbonyl (C=O) groups excluding carboxylic acids is 1. The number of aromatic amines is 1. The molecule has 11 nitrogen and oxygen atoms in total. The maximum Gasteiger partial charge on any atom is 0.281 e. The number of hydrogen-bond acceptors (Lipinski definition) is 8. The lowest BCUT2D eigenvalue weighted by Gasteiger charge is -2.45. The number of carbonyl (C=O) groups is 1. The van der Waals surface area contributed by atoms with Crippen LogP contribution in [0.3, 0.4) is 0 Å². The highest BCUT2D eigenvalue weighted by Gasteiger charge is 2.39.